The lowest BCUT2D eigenvalue weighted by molar-refractivity contribution is 0.479. The highest BCUT2D eigenvalue weighted by Gasteiger charge is 2.03. The highest BCUT2D eigenvalue weighted by atomic mass is 127. The van der Waals surface area contributed by atoms with Crippen LogP contribution in [0.1, 0.15) is 0 Å². The molecule has 0 aliphatic rings. The monoisotopic (exact) mass is 364 g/mol. The molecule has 0 aromatic heterocycles. The van der Waals surface area contributed by atoms with Crippen molar-refractivity contribution >= 4 is 45.8 Å². The molecule has 2 rings (SSSR count). The van der Waals surface area contributed by atoms with Gasteiger partial charge in [0, 0.05) is 16.1 Å². The summed E-state index contributed by atoms with van der Waals surface area (Å²) in [5, 5.41) is 1.34. The summed E-state index contributed by atoms with van der Waals surface area (Å²) in [6.45, 7) is 0. The van der Waals surface area contributed by atoms with E-state index in [1.165, 1.54) is 0 Å². The smallest absolute Gasteiger partial charge is 0.142 e. The molecule has 0 aliphatic heterocycles. The van der Waals surface area contributed by atoms with Gasteiger partial charge in [-0.2, -0.15) is 0 Å². The van der Waals surface area contributed by atoms with Crippen molar-refractivity contribution in [1.29, 1.82) is 0 Å². The Balaban J connectivity index is 2.26. The van der Waals surface area contributed by atoms with E-state index in [4.69, 9.17) is 27.9 Å². The third-order valence-corrected chi connectivity index (χ3v) is 3.31. The number of halogens is 3. The minimum Gasteiger partial charge on any atom is -0.456 e. The van der Waals surface area contributed by atoms with Crippen molar-refractivity contribution in [2.45, 2.75) is 0 Å². The Kier molecular flexibility index (Phi) is 3.95. The first kappa shape index (κ1) is 12.0. The normalized spacial score (nSPS) is 10.2. The number of ether oxygens (including phenoxy) is 1. The molecule has 0 N–H and O–H groups in total. The van der Waals surface area contributed by atoms with Crippen LogP contribution in [0.3, 0.4) is 0 Å². The Bertz CT molecular complexity index is 497. The molecule has 1 nitrogen and oxygen atoms in total. The highest BCUT2D eigenvalue weighted by molar-refractivity contribution is 14.1. The Labute approximate surface area is 117 Å². The predicted molar refractivity (Wildman–Crippen MR) is 75.7 cm³/mol. The zero-order valence-corrected chi connectivity index (χ0v) is 11.8. The Morgan fingerprint density at radius 2 is 1.50 bits per heavy atom. The average molecular weight is 365 g/mol. The van der Waals surface area contributed by atoms with Gasteiger partial charge in [0.05, 0.1) is 3.57 Å². The van der Waals surface area contributed by atoms with Crippen LogP contribution in [0.15, 0.2) is 42.5 Å². The van der Waals surface area contributed by atoms with Crippen molar-refractivity contribution in [2.24, 2.45) is 0 Å². The summed E-state index contributed by atoms with van der Waals surface area (Å²) >= 11 is 13.9. The van der Waals surface area contributed by atoms with E-state index < -0.39 is 0 Å². The highest BCUT2D eigenvalue weighted by Crippen LogP contribution is 2.29. The molecule has 0 radical (unpaired) electrons. The van der Waals surface area contributed by atoms with Gasteiger partial charge in [-0.1, -0.05) is 23.2 Å². The van der Waals surface area contributed by atoms with Crippen LogP contribution in [0.4, 0.5) is 0 Å². The zero-order chi connectivity index (χ0) is 11.5. The molecule has 0 unspecified atom stereocenters. The van der Waals surface area contributed by atoms with Gasteiger partial charge in [0.25, 0.3) is 0 Å². The van der Waals surface area contributed by atoms with E-state index in [1.807, 2.05) is 24.3 Å². The summed E-state index contributed by atoms with van der Waals surface area (Å²) < 4.78 is 6.71. The summed E-state index contributed by atoms with van der Waals surface area (Å²) in [6, 6.07) is 12.7. The van der Waals surface area contributed by atoms with Gasteiger partial charge in [-0.15, -0.1) is 0 Å². The van der Waals surface area contributed by atoms with Crippen LogP contribution in [0, 0.1) is 3.57 Å². The summed E-state index contributed by atoms with van der Waals surface area (Å²) in [4.78, 5) is 0. The largest absolute Gasteiger partial charge is 0.456 e. The average Bonchev–Trinajstić information content (AvgIpc) is 2.27. The summed E-state index contributed by atoms with van der Waals surface area (Å²) in [6.07, 6.45) is 0. The lowest BCUT2D eigenvalue weighted by Crippen LogP contribution is -1.86. The van der Waals surface area contributed by atoms with Crippen LogP contribution in [-0.4, -0.2) is 0 Å². The van der Waals surface area contributed by atoms with Crippen LogP contribution in [0.2, 0.25) is 10.0 Å². The molecule has 0 bridgehead atoms. The van der Waals surface area contributed by atoms with E-state index in [0.29, 0.717) is 10.0 Å². The molecule has 0 aliphatic carbocycles. The van der Waals surface area contributed by atoms with E-state index in [9.17, 15) is 0 Å². The van der Waals surface area contributed by atoms with Crippen LogP contribution >= 0.6 is 45.8 Å². The molecule has 0 saturated heterocycles. The lowest BCUT2D eigenvalue weighted by Gasteiger charge is -2.07. The number of hydrogen-bond donors (Lipinski definition) is 0. The fourth-order valence-electron chi connectivity index (χ4n) is 1.19. The van der Waals surface area contributed by atoms with Gasteiger partial charge in [-0.05, 0) is 59.0 Å². The van der Waals surface area contributed by atoms with Crippen molar-refractivity contribution in [2.75, 3.05) is 0 Å². The molecular weight excluding hydrogens is 358 g/mol. The number of rotatable bonds is 2. The maximum Gasteiger partial charge on any atom is 0.142 e. The van der Waals surface area contributed by atoms with Crippen LogP contribution in [-0.2, 0) is 0 Å². The van der Waals surface area contributed by atoms with Crippen LogP contribution in [0.5, 0.6) is 11.5 Å². The molecule has 4 heteroatoms. The zero-order valence-electron chi connectivity index (χ0n) is 8.08. The van der Waals surface area contributed by atoms with E-state index in [2.05, 4.69) is 22.6 Å². The summed E-state index contributed by atoms with van der Waals surface area (Å²) in [7, 11) is 0. The minimum atomic E-state index is 0.657. The second-order valence-electron chi connectivity index (χ2n) is 3.13. The maximum atomic E-state index is 5.90. The van der Waals surface area contributed by atoms with Crippen molar-refractivity contribution in [3.63, 3.8) is 0 Å². The lowest BCUT2D eigenvalue weighted by atomic mass is 10.3. The van der Waals surface area contributed by atoms with Gasteiger partial charge in [0.2, 0.25) is 0 Å². The first-order chi connectivity index (χ1) is 7.65. The molecule has 82 valence electrons. The number of hydrogen-bond acceptors (Lipinski definition) is 1. The topological polar surface area (TPSA) is 9.23 Å². The Morgan fingerprint density at radius 3 is 2.19 bits per heavy atom. The quantitative estimate of drug-likeness (QED) is 0.649. The summed E-state index contributed by atoms with van der Waals surface area (Å²) in [5.74, 6) is 1.49. The van der Waals surface area contributed by atoms with Gasteiger partial charge in [-0.3, -0.25) is 0 Å². The molecule has 2 aromatic carbocycles. The molecule has 0 saturated carbocycles. The third-order valence-electron chi connectivity index (χ3n) is 1.93. The van der Waals surface area contributed by atoms with Gasteiger partial charge < -0.3 is 4.74 Å². The van der Waals surface area contributed by atoms with E-state index >= 15 is 0 Å². The van der Waals surface area contributed by atoms with Gasteiger partial charge in [-0.25, -0.2) is 0 Å². The van der Waals surface area contributed by atoms with Crippen molar-refractivity contribution in [3.8, 4) is 11.5 Å². The molecule has 2 aromatic rings. The molecule has 16 heavy (non-hydrogen) atoms. The van der Waals surface area contributed by atoms with E-state index in [0.717, 1.165) is 15.1 Å². The van der Waals surface area contributed by atoms with Crippen molar-refractivity contribution in [1.82, 2.24) is 0 Å². The van der Waals surface area contributed by atoms with Crippen molar-refractivity contribution in [3.05, 3.63) is 56.1 Å². The third kappa shape index (κ3) is 3.03. The molecule has 0 fully saturated rings. The molecule has 0 amide bonds. The van der Waals surface area contributed by atoms with Gasteiger partial charge >= 0.3 is 0 Å². The van der Waals surface area contributed by atoms with Crippen LogP contribution < -0.4 is 4.74 Å². The SMILES string of the molecule is Clc1ccc(Oc2cc(Cl)ccc2I)cc1. The molecule has 0 heterocycles. The number of benzene rings is 2. The molecule has 0 atom stereocenters. The first-order valence-corrected chi connectivity index (χ1v) is 6.37. The first-order valence-electron chi connectivity index (χ1n) is 4.53. The minimum absolute atomic E-state index is 0.657. The Hall–Kier alpha value is -0.450. The second kappa shape index (κ2) is 5.25. The predicted octanol–water partition coefficient (Wildman–Crippen LogP) is 5.39. The fourth-order valence-corrected chi connectivity index (χ4v) is 1.92. The molecular formula is C12H7Cl2IO. The Morgan fingerprint density at radius 1 is 0.875 bits per heavy atom. The standard InChI is InChI=1S/C12H7Cl2IO/c13-8-1-4-10(5-2-8)16-12-7-9(14)3-6-11(12)15/h1-7H. The van der Waals surface area contributed by atoms with Gasteiger partial charge in [0.1, 0.15) is 11.5 Å². The van der Waals surface area contributed by atoms with Crippen molar-refractivity contribution < 1.29 is 4.74 Å². The fraction of sp³-hybridized carbons (Fsp3) is 0. The van der Waals surface area contributed by atoms with E-state index in [-0.39, 0.29) is 0 Å². The second-order valence-corrected chi connectivity index (χ2v) is 5.17. The maximum absolute atomic E-state index is 5.90. The molecule has 0 spiro atoms. The van der Waals surface area contributed by atoms with E-state index in [1.54, 1.807) is 18.2 Å². The van der Waals surface area contributed by atoms with Gasteiger partial charge in [0.15, 0.2) is 0 Å². The summed E-state index contributed by atoms with van der Waals surface area (Å²) in [5.41, 5.74) is 0. The van der Waals surface area contributed by atoms with Crippen LogP contribution in [0.25, 0.3) is 0 Å².